The van der Waals surface area contributed by atoms with E-state index < -0.39 is 18.4 Å². The molecule has 0 fully saturated rings. The topological polar surface area (TPSA) is 20.2 Å². The summed E-state index contributed by atoms with van der Waals surface area (Å²) in [7, 11) is 0. The van der Waals surface area contributed by atoms with Crippen LogP contribution in [0.4, 0.5) is 8.78 Å². The first kappa shape index (κ1) is 7.82. The fourth-order valence-electron chi connectivity index (χ4n) is 0.519. The lowest BCUT2D eigenvalue weighted by Gasteiger charge is -2.10. The third-order valence-electron chi connectivity index (χ3n) is 0.654. The van der Waals surface area contributed by atoms with Crippen molar-refractivity contribution in [2.45, 2.75) is 32.3 Å². The second-order valence-corrected chi connectivity index (χ2v) is 2.12. The van der Waals surface area contributed by atoms with Crippen LogP contribution >= 0.6 is 0 Å². The molecule has 0 rings (SSSR count). The predicted molar refractivity (Wildman–Crippen MR) is 26.9 cm³/mol. The minimum atomic E-state index is -2.73. The van der Waals surface area contributed by atoms with Gasteiger partial charge in [-0.05, 0) is 13.8 Å². The normalized spacial score (nSPS) is 16.1. The summed E-state index contributed by atoms with van der Waals surface area (Å²) in [5.41, 5.74) is 0. The maximum Gasteiger partial charge on any atom is 0.247 e. The number of halogens is 2. The second kappa shape index (κ2) is 2.40. The third kappa shape index (κ3) is 5.82. The first-order valence-corrected chi connectivity index (χ1v) is 2.48. The first-order valence-electron chi connectivity index (χ1n) is 2.48. The van der Waals surface area contributed by atoms with Crippen LogP contribution in [-0.4, -0.2) is 17.1 Å². The second-order valence-electron chi connectivity index (χ2n) is 2.12. The fourth-order valence-corrected chi connectivity index (χ4v) is 0.519. The number of alkyl halides is 2. The van der Waals surface area contributed by atoms with Gasteiger partial charge >= 0.3 is 0 Å². The molecule has 0 radical (unpaired) electrons. The Morgan fingerprint density at radius 3 is 2.00 bits per heavy atom. The van der Waals surface area contributed by atoms with Gasteiger partial charge in [-0.15, -0.1) is 0 Å². The van der Waals surface area contributed by atoms with Crippen LogP contribution in [0.1, 0.15) is 20.3 Å². The molecule has 1 N–H and O–H groups in total. The fraction of sp³-hybridized carbons (Fsp3) is 1.00. The molecule has 3 heteroatoms. The van der Waals surface area contributed by atoms with Crippen molar-refractivity contribution in [1.29, 1.82) is 0 Å². The van der Waals surface area contributed by atoms with E-state index in [-0.39, 0.29) is 0 Å². The molecule has 0 aliphatic rings. The lowest BCUT2D eigenvalue weighted by Crippen LogP contribution is -2.17. The lowest BCUT2D eigenvalue weighted by molar-refractivity contribution is -0.0228. The Kier molecular flexibility index (Phi) is 2.34. The summed E-state index contributed by atoms with van der Waals surface area (Å²) in [5, 5.41) is 8.41. The van der Waals surface area contributed by atoms with Crippen molar-refractivity contribution < 1.29 is 13.9 Å². The smallest absolute Gasteiger partial charge is 0.247 e. The van der Waals surface area contributed by atoms with Gasteiger partial charge in [-0.3, -0.25) is 0 Å². The van der Waals surface area contributed by atoms with Gasteiger partial charge < -0.3 is 5.11 Å². The van der Waals surface area contributed by atoms with Crippen LogP contribution in [0.5, 0.6) is 0 Å². The van der Waals surface area contributed by atoms with E-state index >= 15 is 0 Å². The summed E-state index contributed by atoms with van der Waals surface area (Å²) >= 11 is 0. The number of hydrogen-bond acceptors (Lipinski definition) is 1. The largest absolute Gasteiger partial charge is 0.393 e. The predicted octanol–water partition coefficient (Wildman–Crippen LogP) is 1.41. The van der Waals surface area contributed by atoms with Crippen molar-refractivity contribution >= 4 is 0 Å². The van der Waals surface area contributed by atoms with Crippen LogP contribution in [0.15, 0.2) is 0 Å². The zero-order valence-electron chi connectivity index (χ0n) is 4.99. The summed E-state index contributed by atoms with van der Waals surface area (Å²) < 4.78 is 23.6. The quantitative estimate of drug-likeness (QED) is 0.590. The molecule has 1 nitrogen and oxygen atoms in total. The number of aliphatic hydroxyl groups is 1. The molecule has 0 aromatic carbocycles. The van der Waals surface area contributed by atoms with Crippen LogP contribution < -0.4 is 0 Å². The highest BCUT2D eigenvalue weighted by Gasteiger charge is 2.22. The number of aliphatic hydroxyl groups excluding tert-OH is 1. The minimum absolute atomic E-state index is 0.451. The Morgan fingerprint density at radius 2 is 2.00 bits per heavy atom. The molecule has 0 saturated heterocycles. The van der Waals surface area contributed by atoms with Crippen molar-refractivity contribution in [3.05, 3.63) is 0 Å². The van der Waals surface area contributed by atoms with Gasteiger partial charge in [0.15, 0.2) is 0 Å². The molecule has 0 spiro atoms. The van der Waals surface area contributed by atoms with Crippen LogP contribution in [0, 0.1) is 0 Å². The summed E-state index contributed by atoms with van der Waals surface area (Å²) in [6.07, 6.45) is -1.36. The Balaban J connectivity index is 3.39. The number of hydrogen-bond donors (Lipinski definition) is 1. The van der Waals surface area contributed by atoms with E-state index in [4.69, 9.17) is 5.11 Å². The molecule has 50 valence electrons. The monoisotopic (exact) mass is 124 g/mol. The van der Waals surface area contributed by atoms with Crippen LogP contribution in [0.3, 0.4) is 0 Å². The molecule has 1 unspecified atom stereocenters. The van der Waals surface area contributed by atoms with Gasteiger partial charge in [0.25, 0.3) is 0 Å². The number of rotatable bonds is 2. The lowest BCUT2D eigenvalue weighted by atomic mass is 10.2. The molecule has 0 aromatic heterocycles. The highest BCUT2D eigenvalue weighted by molar-refractivity contribution is 4.61. The van der Waals surface area contributed by atoms with E-state index in [0.29, 0.717) is 0 Å². The maximum absolute atomic E-state index is 11.8. The summed E-state index contributed by atoms with van der Waals surface area (Å²) in [5.74, 6) is -2.73. The molecular weight excluding hydrogens is 114 g/mol. The van der Waals surface area contributed by atoms with Crippen molar-refractivity contribution in [3.63, 3.8) is 0 Å². The van der Waals surface area contributed by atoms with Gasteiger partial charge in [0.05, 0.1) is 6.10 Å². The van der Waals surface area contributed by atoms with Crippen molar-refractivity contribution in [3.8, 4) is 0 Å². The highest BCUT2D eigenvalue weighted by atomic mass is 19.3. The van der Waals surface area contributed by atoms with E-state index in [0.717, 1.165) is 6.92 Å². The maximum atomic E-state index is 11.8. The average Bonchev–Trinajstić information content (AvgIpc) is 1.21. The molecule has 0 amide bonds. The van der Waals surface area contributed by atoms with Gasteiger partial charge in [0.2, 0.25) is 5.92 Å². The minimum Gasteiger partial charge on any atom is -0.393 e. The molecule has 0 aromatic rings. The van der Waals surface area contributed by atoms with E-state index in [2.05, 4.69) is 0 Å². The molecule has 0 heterocycles. The summed E-state index contributed by atoms with van der Waals surface area (Å²) in [6, 6.07) is 0. The summed E-state index contributed by atoms with van der Waals surface area (Å²) in [4.78, 5) is 0. The molecule has 0 aliphatic heterocycles. The Bertz CT molecular complexity index is 65.3. The Morgan fingerprint density at radius 1 is 1.62 bits per heavy atom. The molecule has 8 heavy (non-hydrogen) atoms. The van der Waals surface area contributed by atoms with E-state index in [9.17, 15) is 8.78 Å². The van der Waals surface area contributed by atoms with Gasteiger partial charge in [0, 0.05) is 6.42 Å². The van der Waals surface area contributed by atoms with E-state index in [1.165, 1.54) is 6.92 Å². The van der Waals surface area contributed by atoms with Gasteiger partial charge in [-0.25, -0.2) is 8.78 Å². The van der Waals surface area contributed by atoms with Crippen LogP contribution in [-0.2, 0) is 0 Å². The SMILES string of the molecule is CC(O)CC(C)(F)F. The van der Waals surface area contributed by atoms with E-state index in [1.54, 1.807) is 0 Å². The molecule has 0 bridgehead atoms. The van der Waals surface area contributed by atoms with Crippen molar-refractivity contribution in [1.82, 2.24) is 0 Å². The third-order valence-corrected chi connectivity index (χ3v) is 0.654. The standard InChI is InChI=1S/C5H10F2O/c1-4(8)3-5(2,6)7/h4,8H,3H2,1-2H3. The average molecular weight is 124 g/mol. The Labute approximate surface area is 47.3 Å². The van der Waals surface area contributed by atoms with Crippen LogP contribution in [0.2, 0.25) is 0 Å². The summed E-state index contributed by atoms with van der Waals surface area (Å²) in [6.45, 7) is 2.14. The molecular formula is C5H10F2O. The zero-order valence-corrected chi connectivity index (χ0v) is 4.99. The highest BCUT2D eigenvalue weighted by Crippen LogP contribution is 2.17. The van der Waals surface area contributed by atoms with Gasteiger partial charge in [-0.1, -0.05) is 0 Å². The van der Waals surface area contributed by atoms with Crippen LogP contribution in [0.25, 0.3) is 0 Å². The molecule has 1 atom stereocenters. The first-order chi connectivity index (χ1) is 3.42. The van der Waals surface area contributed by atoms with Gasteiger partial charge in [0.1, 0.15) is 0 Å². The van der Waals surface area contributed by atoms with Crippen molar-refractivity contribution in [2.75, 3.05) is 0 Å². The molecule has 0 aliphatic carbocycles. The van der Waals surface area contributed by atoms with Crippen molar-refractivity contribution in [2.24, 2.45) is 0 Å². The Hall–Kier alpha value is -0.180. The van der Waals surface area contributed by atoms with E-state index in [1.807, 2.05) is 0 Å². The molecule has 0 saturated carbocycles. The van der Waals surface area contributed by atoms with Gasteiger partial charge in [-0.2, -0.15) is 0 Å². The zero-order chi connectivity index (χ0) is 6.78.